The number of hydrogen-bond acceptors (Lipinski definition) is 15. The van der Waals surface area contributed by atoms with Crippen molar-refractivity contribution in [1.82, 2.24) is 47.5 Å². The van der Waals surface area contributed by atoms with Crippen molar-refractivity contribution in [3.05, 3.63) is 102 Å². The number of nitrogens with one attached hydrogen (secondary N) is 9. The zero-order valence-electron chi connectivity index (χ0n) is 44.7. The molecular weight excluding hydrogens is 1080 g/mol. The van der Waals surface area contributed by atoms with Crippen LogP contribution in [0.3, 0.4) is 0 Å². The lowest BCUT2D eigenvalue weighted by molar-refractivity contribution is -0.141. The zero-order valence-corrected chi connectivity index (χ0v) is 45.5. The Morgan fingerprint density at radius 1 is 0.568 bits per heavy atom. The summed E-state index contributed by atoms with van der Waals surface area (Å²) in [6.07, 6.45) is 1.32. The van der Waals surface area contributed by atoms with Crippen LogP contribution in [-0.4, -0.2) is 142 Å². The number of amides is 9. The molecule has 3 aromatic carbocycles. The molecule has 14 N–H and O–H groups in total. The molecule has 4 rings (SSSR count). The van der Waals surface area contributed by atoms with Crippen LogP contribution in [0.1, 0.15) is 88.8 Å². The Kier molecular flexibility index (Phi) is 25.4. The maximum Gasteiger partial charge on any atom is 0.446 e. The topological polar surface area (TPSA) is 430 Å². The van der Waals surface area contributed by atoms with Crippen molar-refractivity contribution in [2.45, 2.75) is 134 Å². The minimum atomic E-state index is -4.94. The Balaban J connectivity index is 1.62. The number of carbonyl (C=O) groups excluding carboxylic acids is 9. The van der Waals surface area contributed by atoms with Crippen molar-refractivity contribution < 1.29 is 80.1 Å². The Hall–Kier alpha value is -8.76. The lowest BCUT2D eigenvalue weighted by Crippen LogP contribution is -2.60. The van der Waals surface area contributed by atoms with Gasteiger partial charge in [-0.15, -0.1) is 0 Å². The molecule has 1 heterocycles. The summed E-state index contributed by atoms with van der Waals surface area (Å²) in [6, 6.07) is 8.87. The molecule has 0 saturated carbocycles. The lowest BCUT2D eigenvalue weighted by atomic mass is 10.0. The Bertz CT molecular complexity index is 2980. The lowest BCUT2D eigenvalue weighted by Gasteiger charge is -2.26. The number of benzene rings is 3. The SMILES string of the molecule is CCCC[C@H](NC(=O)[C@H](Cc1c[nH]c2ccccc12)NC(=O)CNC(=O)[C@@H](N)CCCC)C(=O)N[C@@H](CC(=O)O)C(=O)N[C@@H](Cc1ccccc1)C(=O)NC(=O)[C@H](Cc1ccc(OS(=O)(=O)O)cc1)NC(=O)[C@H](CC(=O)O)NC(C)=O. The first-order valence-electron chi connectivity index (χ1n) is 25.8. The predicted octanol–water partition coefficient (Wildman–Crippen LogP) is -0.278. The number of unbranched alkanes of at least 4 members (excludes halogenated alkanes) is 2. The molecule has 0 radical (unpaired) electrons. The van der Waals surface area contributed by atoms with E-state index in [9.17, 15) is 71.4 Å². The molecule has 28 heteroatoms. The number of hydrogen-bond donors (Lipinski definition) is 13. The van der Waals surface area contributed by atoms with Gasteiger partial charge in [-0.1, -0.05) is 100 Å². The third-order valence-electron chi connectivity index (χ3n) is 12.3. The van der Waals surface area contributed by atoms with Crippen LogP contribution in [0, 0.1) is 0 Å². The number of fused-ring (bicyclic) bond motifs is 1. The molecule has 0 aliphatic carbocycles. The van der Waals surface area contributed by atoms with E-state index in [1.54, 1.807) is 67.7 Å². The van der Waals surface area contributed by atoms with E-state index in [1.165, 1.54) is 12.1 Å². The van der Waals surface area contributed by atoms with Crippen molar-refractivity contribution in [3.8, 4) is 5.75 Å². The molecule has 0 saturated heterocycles. The molecule has 438 valence electrons. The van der Waals surface area contributed by atoms with Crippen LogP contribution in [-0.2, 0) is 82.4 Å². The molecule has 0 bridgehead atoms. The van der Waals surface area contributed by atoms with Crippen molar-refractivity contribution in [1.29, 1.82) is 0 Å². The van der Waals surface area contributed by atoms with Crippen LogP contribution in [0.15, 0.2) is 85.1 Å². The van der Waals surface area contributed by atoms with E-state index in [1.807, 2.05) is 6.92 Å². The van der Waals surface area contributed by atoms with E-state index in [-0.39, 0.29) is 30.6 Å². The smallest absolute Gasteiger partial charge is 0.446 e. The standard InChI is InChI=1S/C53H68N10O17S/c1-4-6-16-36(54)47(70)56-29-44(65)58-41(25-33-28-55-37-18-12-11-15-35(33)37)49(72)59-38(17-7-5-2)48(71)62-43(27-46(68)69)51(74)61-39(23-31-13-9-8-10-14-31)52(75)63-53(76)40(60-50(73)42(26-45(66)67)57-30(3)64)24-32-19-21-34(22-20-32)80-81(77,78)79/h8-15,18-22,28,36,38-43,55H,4-7,16-17,23-27,29,54H2,1-3H3,(H,56,70)(H,57,64)(H,58,65)(H,59,72)(H,60,73)(H,61,74)(H,62,71)(H,66,67)(H,68,69)(H,63,75,76)(H,77,78,79)/t36-,38-,39-,40-,41-,42-,43-/m0/s1. The summed E-state index contributed by atoms with van der Waals surface area (Å²) in [4.78, 5) is 149. The highest BCUT2D eigenvalue weighted by Crippen LogP contribution is 2.20. The number of rotatable bonds is 33. The number of carbonyl (C=O) groups is 11. The quantitative estimate of drug-likeness (QED) is 0.0273. The third-order valence-corrected chi connectivity index (χ3v) is 12.7. The molecule has 27 nitrogen and oxygen atoms in total. The predicted molar refractivity (Wildman–Crippen MR) is 289 cm³/mol. The van der Waals surface area contributed by atoms with Crippen molar-refractivity contribution >= 4 is 86.4 Å². The molecule has 9 amide bonds. The van der Waals surface area contributed by atoms with Crippen LogP contribution in [0.5, 0.6) is 5.75 Å². The molecule has 1 aromatic heterocycles. The van der Waals surface area contributed by atoms with Gasteiger partial charge in [0.2, 0.25) is 53.2 Å². The van der Waals surface area contributed by atoms with E-state index in [0.29, 0.717) is 36.8 Å². The van der Waals surface area contributed by atoms with Gasteiger partial charge in [0.15, 0.2) is 0 Å². The molecule has 81 heavy (non-hydrogen) atoms. The van der Waals surface area contributed by atoms with Gasteiger partial charge in [-0.3, -0.25) is 62.6 Å². The molecular formula is C53H68N10O17S. The number of aliphatic carboxylic acids is 2. The molecule has 7 atom stereocenters. The highest BCUT2D eigenvalue weighted by molar-refractivity contribution is 7.81. The van der Waals surface area contributed by atoms with E-state index in [2.05, 4.69) is 51.7 Å². The molecule has 0 spiro atoms. The van der Waals surface area contributed by atoms with Gasteiger partial charge in [0.05, 0.1) is 25.4 Å². The van der Waals surface area contributed by atoms with Crippen molar-refractivity contribution in [3.63, 3.8) is 0 Å². The molecule has 0 aliphatic rings. The van der Waals surface area contributed by atoms with E-state index in [0.717, 1.165) is 36.4 Å². The van der Waals surface area contributed by atoms with E-state index in [4.69, 9.17) is 10.3 Å². The zero-order chi connectivity index (χ0) is 59.8. The maximum absolute atomic E-state index is 14.3. The Morgan fingerprint density at radius 3 is 1.60 bits per heavy atom. The summed E-state index contributed by atoms with van der Waals surface area (Å²) in [5.74, 6) is -12.4. The number of aromatic nitrogens is 1. The Morgan fingerprint density at radius 2 is 1.05 bits per heavy atom. The first kappa shape index (κ1) is 64.8. The highest BCUT2D eigenvalue weighted by atomic mass is 32.3. The van der Waals surface area contributed by atoms with Gasteiger partial charge in [-0.05, 0) is 47.7 Å². The van der Waals surface area contributed by atoms with Crippen LogP contribution in [0.25, 0.3) is 10.9 Å². The molecule has 0 fully saturated rings. The van der Waals surface area contributed by atoms with Crippen LogP contribution < -0.4 is 52.5 Å². The highest BCUT2D eigenvalue weighted by Gasteiger charge is 2.35. The maximum atomic E-state index is 14.3. The largest absolute Gasteiger partial charge is 0.481 e. The summed E-state index contributed by atoms with van der Waals surface area (Å²) >= 11 is 0. The number of H-pyrrole nitrogens is 1. The van der Waals surface area contributed by atoms with Gasteiger partial charge in [0.1, 0.15) is 42.0 Å². The molecule has 0 unspecified atom stereocenters. The van der Waals surface area contributed by atoms with Gasteiger partial charge >= 0.3 is 22.3 Å². The average Bonchev–Trinajstić information content (AvgIpc) is 3.81. The molecule has 4 aromatic rings. The number of imide groups is 1. The summed E-state index contributed by atoms with van der Waals surface area (Å²) < 4.78 is 36.0. The summed E-state index contributed by atoms with van der Waals surface area (Å²) in [6.45, 7) is 4.19. The van der Waals surface area contributed by atoms with Gasteiger partial charge in [0, 0.05) is 43.3 Å². The van der Waals surface area contributed by atoms with Crippen LogP contribution in [0.2, 0.25) is 0 Å². The van der Waals surface area contributed by atoms with E-state index >= 15 is 0 Å². The second-order valence-electron chi connectivity index (χ2n) is 18.9. The first-order chi connectivity index (χ1) is 38.3. The van der Waals surface area contributed by atoms with Gasteiger partial charge in [-0.2, -0.15) is 8.42 Å². The number of para-hydroxylation sites is 1. The van der Waals surface area contributed by atoms with Crippen LogP contribution >= 0.6 is 0 Å². The fourth-order valence-corrected chi connectivity index (χ4v) is 8.56. The third kappa shape index (κ3) is 22.5. The number of carboxylic acid groups (broad SMARTS) is 2. The number of nitrogens with two attached hydrogens (primary N) is 1. The van der Waals surface area contributed by atoms with Gasteiger partial charge in [-0.25, -0.2) is 0 Å². The van der Waals surface area contributed by atoms with Crippen molar-refractivity contribution in [2.24, 2.45) is 5.73 Å². The van der Waals surface area contributed by atoms with Gasteiger partial charge < -0.3 is 62.3 Å². The summed E-state index contributed by atoms with van der Waals surface area (Å²) in [5, 5.41) is 39.2. The average molecular weight is 1150 g/mol. The second kappa shape index (κ2) is 31.7. The van der Waals surface area contributed by atoms with Crippen LogP contribution in [0.4, 0.5) is 0 Å². The summed E-state index contributed by atoms with van der Waals surface area (Å²) in [5.41, 5.74) is 7.88. The van der Waals surface area contributed by atoms with E-state index < -0.39 is 144 Å². The monoisotopic (exact) mass is 1150 g/mol. The Labute approximate surface area is 466 Å². The van der Waals surface area contributed by atoms with Crippen molar-refractivity contribution in [2.75, 3.05) is 6.54 Å². The second-order valence-corrected chi connectivity index (χ2v) is 19.9. The normalized spacial score (nSPS) is 13.7. The fourth-order valence-electron chi connectivity index (χ4n) is 8.21. The summed E-state index contributed by atoms with van der Waals surface area (Å²) in [7, 11) is -4.94. The number of carboxylic acids is 2. The minimum Gasteiger partial charge on any atom is -0.481 e. The van der Waals surface area contributed by atoms with Gasteiger partial charge in [0.25, 0.3) is 0 Å². The molecule has 0 aliphatic heterocycles. The fraction of sp³-hybridized carbons (Fsp3) is 0.415. The minimum absolute atomic E-state index is 0.0435. The number of aromatic amines is 1. The first-order valence-corrected chi connectivity index (χ1v) is 27.2.